The number of benzene rings is 1. The van der Waals surface area contributed by atoms with E-state index in [1.54, 1.807) is 19.2 Å². The molecule has 23 heavy (non-hydrogen) atoms. The Balaban J connectivity index is 0.00000484. The molecule has 2 N–H and O–H groups in total. The number of ether oxygens (including phenoxy) is 2. The minimum absolute atomic E-state index is 0. The number of halogens is 3. The molecule has 0 amide bonds. The van der Waals surface area contributed by atoms with Crippen LogP contribution < -0.4 is 20.1 Å². The molecule has 1 rings (SSSR count). The number of methoxy groups -OCH3 is 1. The van der Waals surface area contributed by atoms with Crippen LogP contribution in [0.5, 0.6) is 11.5 Å². The molecule has 0 aliphatic heterocycles. The van der Waals surface area contributed by atoms with Crippen molar-refractivity contribution in [1.82, 2.24) is 10.6 Å². The molecule has 0 spiro atoms. The number of alkyl halides is 2. The van der Waals surface area contributed by atoms with Gasteiger partial charge in [0, 0.05) is 19.6 Å². The third kappa shape index (κ3) is 7.67. The van der Waals surface area contributed by atoms with Crippen LogP contribution in [-0.2, 0) is 6.54 Å². The lowest BCUT2D eigenvalue weighted by atomic mass is 10.2. The molecule has 0 aliphatic rings. The van der Waals surface area contributed by atoms with Gasteiger partial charge in [-0.1, -0.05) is 13.0 Å². The molecule has 0 heterocycles. The van der Waals surface area contributed by atoms with Gasteiger partial charge in [-0.3, -0.25) is 4.99 Å². The quantitative estimate of drug-likeness (QED) is 0.386. The van der Waals surface area contributed by atoms with E-state index in [2.05, 4.69) is 34.2 Å². The number of guanidine groups is 1. The van der Waals surface area contributed by atoms with E-state index in [0.29, 0.717) is 18.5 Å². The fraction of sp³-hybridized carbons (Fsp3) is 0.533. The monoisotopic (exact) mass is 443 g/mol. The van der Waals surface area contributed by atoms with Gasteiger partial charge in [-0.25, -0.2) is 0 Å². The van der Waals surface area contributed by atoms with Crippen LogP contribution >= 0.6 is 24.0 Å². The highest BCUT2D eigenvalue weighted by Crippen LogP contribution is 2.29. The minimum atomic E-state index is -2.89. The lowest BCUT2D eigenvalue weighted by molar-refractivity contribution is -0.0512. The maximum atomic E-state index is 12.4. The second kappa shape index (κ2) is 11.3. The van der Waals surface area contributed by atoms with Crippen molar-refractivity contribution in [1.29, 1.82) is 0 Å². The molecule has 0 bridgehead atoms. The molecule has 1 unspecified atom stereocenters. The van der Waals surface area contributed by atoms with Crippen LogP contribution in [0.1, 0.15) is 25.8 Å². The van der Waals surface area contributed by atoms with Crippen molar-refractivity contribution in [3.63, 3.8) is 0 Å². The van der Waals surface area contributed by atoms with Crippen molar-refractivity contribution in [3.8, 4) is 11.5 Å². The standard InChI is InChI=1S/C15H23F2N3O2.HI/c1-5-10(2)20-15(18-3)19-9-11-6-7-12(21-4)13(8-11)22-14(16)17;/h6-8,10,14H,5,9H2,1-4H3,(H2,18,19,20);1H. The largest absolute Gasteiger partial charge is 0.493 e. The Kier molecular flexibility index (Phi) is 10.6. The van der Waals surface area contributed by atoms with Crippen LogP contribution in [0.3, 0.4) is 0 Å². The predicted molar refractivity (Wildman–Crippen MR) is 98.1 cm³/mol. The van der Waals surface area contributed by atoms with Gasteiger partial charge in [0.15, 0.2) is 17.5 Å². The van der Waals surface area contributed by atoms with E-state index >= 15 is 0 Å². The molecule has 1 aromatic rings. The average Bonchev–Trinajstić information content (AvgIpc) is 2.50. The zero-order valence-electron chi connectivity index (χ0n) is 13.7. The third-order valence-electron chi connectivity index (χ3n) is 3.12. The Morgan fingerprint density at radius 1 is 1.30 bits per heavy atom. The van der Waals surface area contributed by atoms with Gasteiger partial charge in [0.2, 0.25) is 0 Å². The van der Waals surface area contributed by atoms with Crippen LogP contribution in [0.2, 0.25) is 0 Å². The predicted octanol–water partition coefficient (Wildman–Crippen LogP) is 3.38. The fourth-order valence-electron chi connectivity index (χ4n) is 1.74. The SMILES string of the molecule is CCC(C)NC(=NC)NCc1ccc(OC)c(OC(F)F)c1.I. The summed E-state index contributed by atoms with van der Waals surface area (Å²) in [5, 5.41) is 6.34. The van der Waals surface area contributed by atoms with E-state index in [-0.39, 0.29) is 35.5 Å². The summed E-state index contributed by atoms with van der Waals surface area (Å²) >= 11 is 0. The zero-order chi connectivity index (χ0) is 16.5. The Bertz CT molecular complexity index is 502. The molecular weight excluding hydrogens is 419 g/mol. The molecule has 0 saturated carbocycles. The normalized spacial score (nSPS) is 12.4. The second-order valence-electron chi connectivity index (χ2n) is 4.74. The van der Waals surface area contributed by atoms with Gasteiger partial charge in [0.25, 0.3) is 0 Å². The van der Waals surface area contributed by atoms with E-state index in [1.807, 2.05) is 0 Å². The molecule has 0 saturated heterocycles. The van der Waals surface area contributed by atoms with Crippen molar-refractivity contribution < 1.29 is 18.3 Å². The van der Waals surface area contributed by atoms with Gasteiger partial charge in [0.05, 0.1) is 7.11 Å². The summed E-state index contributed by atoms with van der Waals surface area (Å²) in [5.74, 6) is 0.939. The summed E-state index contributed by atoms with van der Waals surface area (Å²) in [6.07, 6.45) is 0.968. The summed E-state index contributed by atoms with van der Waals surface area (Å²) in [6.45, 7) is 1.66. The first kappa shape index (κ1) is 21.7. The van der Waals surface area contributed by atoms with Gasteiger partial charge < -0.3 is 20.1 Å². The number of hydrogen-bond acceptors (Lipinski definition) is 3. The van der Waals surface area contributed by atoms with Gasteiger partial charge in [-0.05, 0) is 31.0 Å². The number of aliphatic imine (C=N–C) groups is 1. The smallest absolute Gasteiger partial charge is 0.387 e. The van der Waals surface area contributed by atoms with Gasteiger partial charge in [0.1, 0.15) is 0 Å². The molecule has 1 aromatic carbocycles. The first-order chi connectivity index (χ1) is 10.5. The van der Waals surface area contributed by atoms with Crippen LogP contribution in [0.15, 0.2) is 23.2 Å². The van der Waals surface area contributed by atoms with Gasteiger partial charge in [-0.15, -0.1) is 24.0 Å². The molecule has 0 aliphatic carbocycles. The van der Waals surface area contributed by atoms with Crippen molar-refractivity contribution in [3.05, 3.63) is 23.8 Å². The van der Waals surface area contributed by atoms with Crippen LogP contribution in [0.4, 0.5) is 8.78 Å². The molecular formula is C15H24F2IN3O2. The number of hydrogen-bond donors (Lipinski definition) is 2. The third-order valence-corrected chi connectivity index (χ3v) is 3.12. The Morgan fingerprint density at radius 2 is 2.00 bits per heavy atom. The molecule has 8 heteroatoms. The summed E-state index contributed by atoms with van der Waals surface area (Å²) in [5.41, 5.74) is 0.781. The summed E-state index contributed by atoms with van der Waals surface area (Å²) < 4.78 is 34.3. The lowest BCUT2D eigenvalue weighted by Gasteiger charge is -2.17. The van der Waals surface area contributed by atoms with Crippen LogP contribution in [0, 0.1) is 0 Å². The molecule has 0 radical (unpaired) electrons. The van der Waals surface area contributed by atoms with Crippen LogP contribution in [-0.4, -0.2) is 32.8 Å². The molecule has 1 atom stereocenters. The minimum Gasteiger partial charge on any atom is -0.493 e. The van der Waals surface area contributed by atoms with Gasteiger partial charge in [-0.2, -0.15) is 8.78 Å². The van der Waals surface area contributed by atoms with E-state index in [4.69, 9.17) is 4.74 Å². The maximum absolute atomic E-state index is 12.4. The van der Waals surface area contributed by atoms with Crippen molar-refractivity contribution in [2.45, 2.75) is 39.5 Å². The van der Waals surface area contributed by atoms with Gasteiger partial charge >= 0.3 is 6.61 Å². The Hall–Kier alpha value is -1.32. The van der Waals surface area contributed by atoms with Crippen molar-refractivity contribution >= 4 is 29.9 Å². The molecule has 0 aromatic heterocycles. The summed E-state index contributed by atoms with van der Waals surface area (Å²) in [4.78, 5) is 4.11. The van der Waals surface area contributed by atoms with Crippen molar-refractivity contribution in [2.24, 2.45) is 4.99 Å². The summed E-state index contributed by atoms with van der Waals surface area (Å²) in [7, 11) is 3.08. The van der Waals surface area contributed by atoms with E-state index < -0.39 is 6.61 Å². The van der Waals surface area contributed by atoms with E-state index in [0.717, 1.165) is 12.0 Å². The Morgan fingerprint density at radius 3 is 2.52 bits per heavy atom. The lowest BCUT2D eigenvalue weighted by Crippen LogP contribution is -2.41. The fourth-order valence-corrected chi connectivity index (χ4v) is 1.74. The highest BCUT2D eigenvalue weighted by molar-refractivity contribution is 14.0. The average molecular weight is 443 g/mol. The van der Waals surface area contributed by atoms with Crippen molar-refractivity contribution in [2.75, 3.05) is 14.2 Å². The number of nitrogens with one attached hydrogen (secondary N) is 2. The summed E-state index contributed by atoms with van der Waals surface area (Å²) in [6, 6.07) is 5.19. The zero-order valence-corrected chi connectivity index (χ0v) is 16.1. The van der Waals surface area contributed by atoms with E-state index in [9.17, 15) is 8.78 Å². The highest BCUT2D eigenvalue weighted by Gasteiger charge is 2.11. The highest BCUT2D eigenvalue weighted by atomic mass is 127. The molecule has 5 nitrogen and oxygen atoms in total. The Labute approximate surface area is 152 Å². The molecule has 0 fully saturated rings. The molecule has 132 valence electrons. The van der Waals surface area contributed by atoms with E-state index in [1.165, 1.54) is 13.2 Å². The number of rotatable bonds is 7. The topological polar surface area (TPSA) is 54.9 Å². The number of nitrogens with zero attached hydrogens (tertiary/aromatic N) is 1. The van der Waals surface area contributed by atoms with Crippen LogP contribution in [0.25, 0.3) is 0 Å². The maximum Gasteiger partial charge on any atom is 0.387 e. The first-order valence-corrected chi connectivity index (χ1v) is 7.09. The first-order valence-electron chi connectivity index (χ1n) is 7.09. The second-order valence-corrected chi connectivity index (χ2v) is 4.74.